The van der Waals surface area contributed by atoms with Crippen LogP contribution in [0, 0.1) is 6.92 Å². The van der Waals surface area contributed by atoms with Crippen LogP contribution in [-0.2, 0) is 16.0 Å². The topological polar surface area (TPSA) is 98.3 Å². The summed E-state index contributed by atoms with van der Waals surface area (Å²) in [5, 5.41) is 4.63. The number of carbonyl (C=O) groups excluding carboxylic acids is 1. The van der Waals surface area contributed by atoms with Gasteiger partial charge in [0.2, 0.25) is 0 Å². The Hall–Kier alpha value is -2.99. The molecule has 0 atom stereocenters. The number of aromatic nitrogens is 2. The molecule has 2 saturated heterocycles. The second kappa shape index (κ2) is 12.9. The Bertz CT molecular complexity index is 1270. The van der Waals surface area contributed by atoms with Crippen molar-refractivity contribution in [2.75, 3.05) is 72.1 Å². The highest BCUT2D eigenvalue weighted by Crippen LogP contribution is 2.35. The summed E-state index contributed by atoms with van der Waals surface area (Å²) in [6.45, 7) is 8.26. The number of nitrogens with zero attached hydrogens (tertiary/aromatic N) is 4. The Morgan fingerprint density at radius 1 is 1.10 bits per heavy atom. The summed E-state index contributed by atoms with van der Waals surface area (Å²) in [7, 11) is 3.33. The van der Waals surface area contributed by atoms with Gasteiger partial charge in [-0.2, -0.15) is 0 Å². The van der Waals surface area contributed by atoms with Crippen molar-refractivity contribution < 1.29 is 23.7 Å². The zero-order valence-corrected chi connectivity index (χ0v) is 23.7. The highest BCUT2D eigenvalue weighted by atomic mass is 32.1. The standard InChI is InChI=1S/C28H37N5O5S/c1-19-24-26(29-18-30-27(24)39-25(19)28(34)33-10-12-37-13-11-33)31-21-6-8-32(9-7-21)17-20-4-5-22(23(16-20)36-3)38-15-14-35-2/h4-5,16,18,21H,6-15,17H2,1-3H3,(H,29,30,31). The maximum absolute atomic E-state index is 13.2. The number of rotatable bonds is 10. The first-order valence-corrected chi connectivity index (χ1v) is 14.3. The third kappa shape index (κ3) is 6.43. The van der Waals surface area contributed by atoms with E-state index >= 15 is 0 Å². The van der Waals surface area contributed by atoms with Gasteiger partial charge in [-0.3, -0.25) is 9.69 Å². The molecule has 3 aromatic rings. The minimum atomic E-state index is 0.0595. The van der Waals surface area contributed by atoms with E-state index in [2.05, 4.69) is 32.3 Å². The van der Waals surface area contributed by atoms with Gasteiger partial charge >= 0.3 is 0 Å². The van der Waals surface area contributed by atoms with Crippen molar-refractivity contribution in [3.8, 4) is 11.5 Å². The normalized spacial score (nSPS) is 16.9. The van der Waals surface area contributed by atoms with Crippen molar-refractivity contribution in [3.63, 3.8) is 0 Å². The third-order valence-corrected chi connectivity index (χ3v) is 8.51. The molecule has 0 spiro atoms. The molecule has 2 aliphatic heterocycles. The first-order chi connectivity index (χ1) is 19.1. The van der Waals surface area contributed by atoms with Crippen LogP contribution in [0.5, 0.6) is 11.5 Å². The molecule has 0 radical (unpaired) electrons. The summed E-state index contributed by atoms with van der Waals surface area (Å²) >= 11 is 1.46. The summed E-state index contributed by atoms with van der Waals surface area (Å²) in [4.78, 5) is 28.2. The summed E-state index contributed by atoms with van der Waals surface area (Å²) in [6, 6.07) is 6.43. The molecule has 2 aliphatic rings. The zero-order valence-electron chi connectivity index (χ0n) is 22.9. The molecule has 0 unspecified atom stereocenters. The van der Waals surface area contributed by atoms with E-state index in [4.69, 9.17) is 18.9 Å². The van der Waals surface area contributed by atoms with E-state index in [9.17, 15) is 4.79 Å². The van der Waals surface area contributed by atoms with Gasteiger partial charge in [-0.15, -0.1) is 11.3 Å². The Morgan fingerprint density at radius 2 is 1.90 bits per heavy atom. The number of hydrogen-bond acceptors (Lipinski definition) is 10. The number of fused-ring (bicyclic) bond motifs is 1. The molecule has 2 fully saturated rings. The second-order valence-electron chi connectivity index (χ2n) is 9.88. The molecule has 39 heavy (non-hydrogen) atoms. The van der Waals surface area contributed by atoms with E-state index in [1.165, 1.54) is 16.9 Å². The summed E-state index contributed by atoms with van der Waals surface area (Å²) < 4.78 is 21.8. The van der Waals surface area contributed by atoms with Crippen LogP contribution in [-0.4, -0.2) is 98.5 Å². The van der Waals surface area contributed by atoms with Crippen LogP contribution in [0.25, 0.3) is 10.2 Å². The van der Waals surface area contributed by atoms with Gasteiger partial charge in [0, 0.05) is 45.9 Å². The number of anilines is 1. The highest BCUT2D eigenvalue weighted by Gasteiger charge is 2.26. The Balaban J connectivity index is 1.20. The number of carbonyl (C=O) groups is 1. The fourth-order valence-electron chi connectivity index (χ4n) is 5.15. The maximum Gasteiger partial charge on any atom is 0.264 e. The molecule has 1 amide bonds. The van der Waals surface area contributed by atoms with E-state index in [1.54, 1.807) is 20.5 Å². The van der Waals surface area contributed by atoms with Gasteiger partial charge in [-0.1, -0.05) is 6.07 Å². The number of likely N-dealkylation sites (tertiary alicyclic amines) is 1. The van der Waals surface area contributed by atoms with Crippen LogP contribution in [0.4, 0.5) is 5.82 Å². The maximum atomic E-state index is 13.2. The number of ether oxygens (including phenoxy) is 4. The SMILES string of the molecule is COCCOc1ccc(CN2CCC(Nc3ncnc4sc(C(=O)N5CCOCC5)c(C)c34)CC2)cc1OC. The lowest BCUT2D eigenvalue weighted by Crippen LogP contribution is -2.40. The number of aryl methyl sites for hydroxylation is 1. The van der Waals surface area contributed by atoms with Gasteiger partial charge < -0.3 is 29.2 Å². The monoisotopic (exact) mass is 555 g/mol. The second-order valence-corrected chi connectivity index (χ2v) is 10.9. The van der Waals surface area contributed by atoms with Gasteiger partial charge in [-0.05, 0) is 43.0 Å². The van der Waals surface area contributed by atoms with Crippen LogP contribution >= 0.6 is 11.3 Å². The summed E-state index contributed by atoms with van der Waals surface area (Å²) in [5.41, 5.74) is 2.15. The van der Waals surface area contributed by atoms with E-state index < -0.39 is 0 Å². The fraction of sp³-hybridized carbons (Fsp3) is 0.536. The number of piperidine rings is 1. The molecular weight excluding hydrogens is 518 g/mol. The molecule has 2 aromatic heterocycles. The van der Waals surface area contributed by atoms with Crippen molar-refractivity contribution in [1.29, 1.82) is 0 Å². The minimum absolute atomic E-state index is 0.0595. The number of amides is 1. The molecule has 1 aromatic carbocycles. The predicted molar refractivity (Wildman–Crippen MR) is 151 cm³/mol. The lowest BCUT2D eigenvalue weighted by molar-refractivity contribution is 0.0306. The third-order valence-electron chi connectivity index (χ3n) is 7.33. The van der Waals surface area contributed by atoms with Gasteiger partial charge in [0.25, 0.3) is 5.91 Å². The van der Waals surface area contributed by atoms with Gasteiger partial charge in [0.05, 0.1) is 37.2 Å². The quantitative estimate of drug-likeness (QED) is 0.377. The predicted octanol–water partition coefficient (Wildman–Crippen LogP) is 3.58. The molecule has 4 heterocycles. The zero-order chi connectivity index (χ0) is 27.2. The van der Waals surface area contributed by atoms with Crippen LogP contribution in [0.2, 0.25) is 0 Å². The van der Waals surface area contributed by atoms with E-state index in [-0.39, 0.29) is 5.91 Å². The van der Waals surface area contributed by atoms with Crippen LogP contribution < -0.4 is 14.8 Å². The Labute approximate surface area is 233 Å². The number of nitrogens with one attached hydrogen (secondary N) is 1. The highest BCUT2D eigenvalue weighted by molar-refractivity contribution is 7.20. The fourth-order valence-corrected chi connectivity index (χ4v) is 6.26. The van der Waals surface area contributed by atoms with E-state index in [0.29, 0.717) is 45.6 Å². The Morgan fingerprint density at radius 3 is 2.64 bits per heavy atom. The summed E-state index contributed by atoms with van der Waals surface area (Å²) in [6.07, 6.45) is 3.60. The molecule has 11 heteroatoms. The van der Waals surface area contributed by atoms with Crippen LogP contribution in [0.1, 0.15) is 33.6 Å². The van der Waals surface area contributed by atoms with Gasteiger partial charge in [0.1, 0.15) is 23.6 Å². The van der Waals surface area contributed by atoms with Gasteiger partial charge in [0.15, 0.2) is 11.5 Å². The van der Waals surface area contributed by atoms with E-state index in [1.807, 2.05) is 17.9 Å². The van der Waals surface area contributed by atoms with E-state index in [0.717, 1.165) is 70.5 Å². The molecule has 5 rings (SSSR count). The van der Waals surface area contributed by atoms with Crippen molar-refractivity contribution in [1.82, 2.24) is 19.8 Å². The first-order valence-electron chi connectivity index (χ1n) is 13.5. The number of morpholine rings is 1. The lowest BCUT2D eigenvalue weighted by atomic mass is 10.0. The van der Waals surface area contributed by atoms with Crippen molar-refractivity contribution >= 4 is 33.3 Å². The number of methoxy groups -OCH3 is 2. The van der Waals surface area contributed by atoms with Crippen molar-refractivity contribution in [2.24, 2.45) is 0 Å². The average Bonchev–Trinajstić information content (AvgIpc) is 3.32. The number of hydrogen-bond donors (Lipinski definition) is 1. The molecule has 0 bridgehead atoms. The molecule has 210 valence electrons. The summed E-state index contributed by atoms with van der Waals surface area (Å²) in [5.74, 6) is 2.35. The number of benzene rings is 1. The Kier molecular flexibility index (Phi) is 9.13. The molecule has 0 aliphatic carbocycles. The number of thiophene rings is 1. The smallest absolute Gasteiger partial charge is 0.264 e. The molecule has 10 nitrogen and oxygen atoms in total. The molecule has 0 saturated carbocycles. The first kappa shape index (κ1) is 27.6. The van der Waals surface area contributed by atoms with Gasteiger partial charge in [-0.25, -0.2) is 9.97 Å². The van der Waals surface area contributed by atoms with Crippen molar-refractivity contribution in [3.05, 3.63) is 40.5 Å². The largest absolute Gasteiger partial charge is 0.493 e. The average molecular weight is 556 g/mol. The molecular formula is C28H37N5O5S. The van der Waals surface area contributed by atoms with Crippen LogP contribution in [0.3, 0.4) is 0 Å². The van der Waals surface area contributed by atoms with Crippen molar-refractivity contribution in [2.45, 2.75) is 32.4 Å². The molecule has 1 N–H and O–H groups in total. The lowest BCUT2D eigenvalue weighted by Gasteiger charge is -2.32. The minimum Gasteiger partial charge on any atom is -0.493 e. The van der Waals surface area contributed by atoms with Crippen LogP contribution in [0.15, 0.2) is 24.5 Å².